The van der Waals surface area contributed by atoms with E-state index in [9.17, 15) is 22.8 Å². The molecule has 3 aromatic rings. The number of ether oxygens (including phenoxy) is 1. The van der Waals surface area contributed by atoms with Crippen molar-refractivity contribution in [2.45, 2.75) is 40.2 Å². The zero-order chi connectivity index (χ0) is 26.5. The van der Waals surface area contributed by atoms with Crippen LogP contribution in [0.3, 0.4) is 0 Å². The van der Waals surface area contributed by atoms with Gasteiger partial charge in [-0.05, 0) is 36.5 Å². The van der Waals surface area contributed by atoms with E-state index < -0.39 is 34.2 Å². The van der Waals surface area contributed by atoms with Crippen molar-refractivity contribution in [3.63, 3.8) is 0 Å². The van der Waals surface area contributed by atoms with Gasteiger partial charge in [0.2, 0.25) is 10.0 Å². The van der Waals surface area contributed by atoms with Crippen LogP contribution in [0.2, 0.25) is 0 Å². The summed E-state index contributed by atoms with van der Waals surface area (Å²) in [5.41, 5.74) is 7.82. The molecule has 1 heterocycles. The summed E-state index contributed by atoms with van der Waals surface area (Å²) in [5, 5.41) is 0.358. The first-order valence-electron chi connectivity index (χ1n) is 11.7. The van der Waals surface area contributed by atoms with Crippen molar-refractivity contribution in [3.05, 3.63) is 65.4 Å². The van der Waals surface area contributed by atoms with Crippen LogP contribution in [0.1, 0.15) is 48.8 Å². The summed E-state index contributed by atoms with van der Waals surface area (Å²) < 4.78 is 33.5. The fourth-order valence-corrected chi connectivity index (χ4v) is 5.17. The van der Waals surface area contributed by atoms with Crippen LogP contribution < -0.4 is 15.2 Å². The number of carbonyl (C=O) groups is 3. The molecule has 0 bridgehead atoms. The molecule has 3 rings (SSSR count). The monoisotopic (exact) mass is 513 g/mol. The summed E-state index contributed by atoms with van der Waals surface area (Å²) in [7, 11) is -3.76. The molecular weight excluding hydrogens is 482 g/mol. The van der Waals surface area contributed by atoms with Crippen molar-refractivity contribution >= 4 is 38.5 Å². The van der Waals surface area contributed by atoms with Crippen LogP contribution in [-0.2, 0) is 32.6 Å². The average molecular weight is 514 g/mol. The molecule has 1 aromatic heterocycles. The molecule has 0 aliphatic heterocycles. The van der Waals surface area contributed by atoms with E-state index in [4.69, 9.17) is 10.5 Å². The van der Waals surface area contributed by atoms with E-state index in [-0.39, 0.29) is 23.0 Å². The quantitative estimate of drug-likeness (QED) is 0.282. The number of hydrogen-bond acceptors (Lipinski definition) is 6. The van der Waals surface area contributed by atoms with E-state index in [0.717, 1.165) is 5.56 Å². The van der Waals surface area contributed by atoms with Gasteiger partial charge >= 0.3 is 0 Å². The van der Waals surface area contributed by atoms with Crippen molar-refractivity contribution < 1.29 is 27.5 Å². The number of nitrogens with zero attached hydrogens (tertiary/aromatic N) is 1. The molecule has 0 aliphatic rings. The van der Waals surface area contributed by atoms with Gasteiger partial charge in [-0.15, -0.1) is 0 Å². The molecule has 3 N–H and O–H groups in total. The predicted octanol–water partition coefficient (Wildman–Crippen LogP) is 2.79. The number of ketones is 1. The zero-order valence-corrected chi connectivity index (χ0v) is 21.4. The lowest BCUT2D eigenvalue weighted by molar-refractivity contribution is -0.121. The second kappa shape index (κ2) is 11.4. The molecule has 36 heavy (non-hydrogen) atoms. The average Bonchev–Trinajstić information content (AvgIpc) is 3.10. The van der Waals surface area contributed by atoms with Crippen LogP contribution in [0.15, 0.2) is 48.5 Å². The molecule has 0 atom stereocenters. The van der Waals surface area contributed by atoms with Gasteiger partial charge in [0.25, 0.3) is 17.6 Å². The SMILES string of the molecule is CCCS(=O)(=O)NC(=O)COc1cccc2c1c(C(=O)C(N)=O)c(CC(C)C)n2Cc1ccccc1. The largest absolute Gasteiger partial charge is 0.483 e. The third kappa shape index (κ3) is 6.31. The van der Waals surface area contributed by atoms with Crippen LogP contribution in [0.25, 0.3) is 10.9 Å². The molecule has 0 spiro atoms. The Balaban J connectivity index is 2.13. The highest BCUT2D eigenvalue weighted by Crippen LogP contribution is 2.36. The lowest BCUT2D eigenvalue weighted by Gasteiger charge is -2.14. The molecule has 0 unspecified atom stereocenters. The smallest absolute Gasteiger partial charge is 0.289 e. The van der Waals surface area contributed by atoms with E-state index >= 15 is 0 Å². The number of nitrogens with one attached hydrogen (secondary N) is 1. The fourth-order valence-electron chi connectivity index (χ4n) is 4.12. The maximum atomic E-state index is 13.1. The number of aromatic nitrogens is 1. The number of primary amides is 1. The van der Waals surface area contributed by atoms with Crippen LogP contribution >= 0.6 is 0 Å². The van der Waals surface area contributed by atoms with Crippen molar-refractivity contribution in [3.8, 4) is 5.75 Å². The van der Waals surface area contributed by atoms with Crippen LogP contribution in [0.5, 0.6) is 5.75 Å². The first-order valence-corrected chi connectivity index (χ1v) is 13.4. The number of amides is 2. The van der Waals surface area contributed by atoms with E-state index in [2.05, 4.69) is 0 Å². The molecule has 0 saturated carbocycles. The van der Waals surface area contributed by atoms with Gasteiger partial charge in [-0.1, -0.05) is 57.2 Å². The molecule has 0 fully saturated rings. The summed E-state index contributed by atoms with van der Waals surface area (Å²) in [6.07, 6.45) is 0.847. The second-order valence-corrected chi connectivity index (χ2v) is 10.8. The molecule has 10 heteroatoms. The number of hydrogen-bond donors (Lipinski definition) is 2. The number of rotatable bonds is 12. The zero-order valence-electron chi connectivity index (χ0n) is 20.6. The normalized spacial score (nSPS) is 11.6. The van der Waals surface area contributed by atoms with Crippen molar-refractivity contribution in [1.29, 1.82) is 0 Å². The lowest BCUT2D eigenvalue weighted by atomic mass is 9.99. The Bertz CT molecular complexity index is 1380. The van der Waals surface area contributed by atoms with E-state index in [1.54, 1.807) is 25.1 Å². The van der Waals surface area contributed by atoms with Crippen molar-refractivity contribution in [1.82, 2.24) is 9.29 Å². The van der Waals surface area contributed by atoms with Gasteiger partial charge in [0.1, 0.15) is 5.75 Å². The Labute approximate surface area is 210 Å². The highest BCUT2D eigenvalue weighted by atomic mass is 32.2. The number of Topliss-reactive ketones (excluding diaryl/α,β-unsaturated/α-hetero) is 1. The lowest BCUT2D eigenvalue weighted by Crippen LogP contribution is -2.35. The Morgan fingerprint density at radius 1 is 1.06 bits per heavy atom. The first kappa shape index (κ1) is 26.9. The maximum absolute atomic E-state index is 13.1. The van der Waals surface area contributed by atoms with Gasteiger partial charge in [-0.3, -0.25) is 19.1 Å². The van der Waals surface area contributed by atoms with Gasteiger partial charge in [0.15, 0.2) is 6.61 Å². The van der Waals surface area contributed by atoms with Crippen LogP contribution in [-0.4, -0.2) is 42.9 Å². The Morgan fingerprint density at radius 3 is 2.36 bits per heavy atom. The second-order valence-electron chi connectivity index (χ2n) is 8.97. The molecule has 0 radical (unpaired) electrons. The van der Waals surface area contributed by atoms with Crippen molar-refractivity contribution in [2.75, 3.05) is 12.4 Å². The maximum Gasteiger partial charge on any atom is 0.289 e. The van der Waals surface area contributed by atoms with Gasteiger partial charge in [0, 0.05) is 12.2 Å². The molecular formula is C26H31N3O6S. The molecule has 0 saturated heterocycles. The van der Waals surface area contributed by atoms with Crippen LogP contribution in [0, 0.1) is 5.92 Å². The summed E-state index contributed by atoms with van der Waals surface area (Å²) >= 11 is 0. The van der Waals surface area contributed by atoms with Gasteiger partial charge < -0.3 is 15.0 Å². The molecule has 0 aliphatic carbocycles. The topological polar surface area (TPSA) is 138 Å². The molecule has 2 aromatic carbocycles. The third-order valence-corrected chi connectivity index (χ3v) is 6.98. The minimum Gasteiger partial charge on any atom is -0.483 e. The van der Waals surface area contributed by atoms with Crippen LogP contribution in [0.4, 0.5) is 0 Å². The van der Waals surface area contributed by atoms with Crippen molar-refractivity contribution in [2.24, 2.45) is 11.7 Å². The van der Waals surface area contributed by atoms with Gasteiger partial charge in [-0.2, -0.15) is 0 Å². The Hall–Kier alpha value is -3.66. The van der Waals surface area contributed by atoms with E-state index in [0.29, 0.717) is 36.0 Å². The summed E-state index contributed by atoms with van der Waals surface area (Å²) in [4.78, 5) is 37.4. The minimum atomic E-state index is -3.76. The highest BCUT2D eigenvalue weighted by molar-refractivity contribution is 7.90. The fraction of sp³-hybridized carbons (Fsp3) is 0.346. The molecule has 192 valence electrons. The number of nitrogens with two attached hydrogens (primary N) is 1. The Kier molecular flexibility index (Phi) is 8.52. The van der Waals surface area contributed by atoms with Gasteiger partial charge in [0.05, 0.1) is 22.2 Å². The number of fused-ring (bicyclic) bond motifs is 1. The van der Waals surface area contributed by atoms with E-state index in [1.807, 2.05) is 53.5 Å². The summed E-state index contributed by atoms with van der Waals surface area (Å²) in [6.45, 7) is 5.54. The highest BCUT2D eigenvalue weighted by Gasteiger charge is 2.28. The summed E-state index contributed by atoms with van der Waals surface area (Å²) in [5.74, 6) is -2.65. The molecule has 2 amide bonds. The van der Waals surface area contributed by atoms with Gasteiger partial charge in [-0.25, -0.2) is 8.42 Å². The number of benzene rings is 2. The number of sulfonamides is 1. The Morgan fingerprint density at radius 2 is 1.75 bits per heavy atom. The third-order valence-electron chi connectivity index (χ3n) is 5.50. The minimum absolute atomic E-state index is 0.136. The first-order chi connectivity index (χ1) is 17.0. The number of carbonyl (C=O) groups excluding carboxylic acids is 3. The standard InChI is InChI=1S/C26H31N3O6S/c1-4-13-36(33,34)28-22(30)16-35-21-12-8-11-19-23(21)24(25(31)26(27)32)20(14-17(2)3)29(19)15-18-9-6-5-7-10-18/h5-12,17H,4,13-16H2,1-3H3,(H2,27,32)(H,28,30). The van der Waals surface area contributed by atoms with E-state index in [1.165, 1.54) is 0 Å². The molecule has 9 nitrogen and oxygen atoms in total. The predicted molar refractivity (Wildman–Crippen MR) is 137 cm³/mol. The summed E-state index contributed by atoms with van der Waals surface area (Å²) in [6, 6.07) is 14.7.